The van der Waals surface area contributed by atoms with Crippen LogP contribution < -0.4 is 11.5 Å². The van der Waals surface area contributed by atoms with E-state index in [1.54, 1.807) is 6.92 Å². The molecular formula is C9H11F3N2. The average Bonchev–Trinajstić information content (AvgIpc) is 2.03. The highest BCUT2D eigenvalue weighted by Gasteiger charge is 2.50. The smallest absolute Gasteiger partial charge is 0.302 e. The number of hydrogen-bond donors (Lipinski definition) is 2. The summed E-state index contributed by atoms with van der Waals surface area (Å²) < 4.78 is 37.1. The molecule has 0 fully saturated rings. The lowest BCUT2D eigenvalue weighted by molar-refractivity contribution is -0.188. The number of hydrogen-bond acceptors (Lipinski definition) is 2. The zero-order valence-corrected chi connectivity index (χ0v) is 7.60. The molecule has 0 saturated carbocycles. The molecular weight excluding hydrogens is 193 g/mol. The predicted molar refractivity (Wildman–Crippen MR) is 47.3 cm³/mol. The Morgan fingerprint density at radius 1 is 1.00 bits per heavy atom. The fourth-order valence-corrected chi connectivity index (χ4v) is 0.993. The Bertz CT molecular complexity index is 314. The van der Waals surface area contributed by atoms with Crippen LogP contribution in [0.5, 0.6) is 0 Å². The van der Waals surface area contributed by atoms with Gasteiger partial charge in [0.1, 0.15) is 0 Å². The molecule has 2 nitrogen and oxygen atoms in total. The van der Waals surface area contributed by atoms with E-state index < -0.39 is 11.8 Å². The first-order valence-corrected chi connectivity index (χ1v) is 3.97. The average molecular weight is 204 g/mol. The fraction of sp³-hybridized carbons (Fsp3) is 0.333. The lowest BCUT2D eigenvalue weighted by Gasteiger charge is -2.27. The standard InChI is InChI=1S/C9H11F3N2/c1-6-2-4-7(5-3-6)8(13,14)9(10,11)12/h2-5H,13-14H2,1H3. The molecule has 0 aliphatic carbocycles. The first-order chi connectivity index (χ1) is 6.25. The number of benzene rings is 1. The van der Waals surface area contributed by atoms with Crippen molar-refractivity contribution >= 4 is 0 Å². The van der Waals surface area contributed by atoms with Gasteiger partial charge < -0.3 is 11.5 Å². The van der Waals surface area contributed by atoms with Crippen molar-refractivity contribution in [1.29, 1.82) is 0 Å². The summed E-state index contributed by atoms with van der Waals surface area (Å²) in [5.41, 5.74) is 7.97. The Kier molecular flexibility index (Phi) is 2.56. The molecule has 0 aliphatic heterocycles. The van der Waals surface area contributed by atoms with Crippen LogP contribution in [0.4, 0.5) is 13.2 Å². The second kappa shape index (κ2) is 3.25. The minimum Gasteiger partial charge on any atom is -0.302 e. The van der Waals surface area contributed by atoms with Gasteiger partial charge in [-0.3, -0.25) is 0 Å². The topological polar surface area (TPSA) is 52.0 Å². The Morgan fingerprint density at radius 2 is 1.43 bits per heavy atom. The Labute approximate surface area is 79.7 Å². The molecule has 0 amide bonds. The van der Waals surface area contributed by atoms with Gasteiger partial charge in [-0.05, 0) is 12.5 Å². The van der Waals surface area contributed by atoms with E-state index in [0.717, 1.165) is 5.56 Å². The van der Waals surface area contributed by atoms with E-state index in [1.807, 2.05) is 0 Å². The summed E-state index contributed by atoms with van der Waals surface area (Å²) in [6, 6.07) is 5.64. The van der Waals surface area contributed by atoms with Crippen molar-refractivity contribution in [3.63, 3.8) is 0 Å². The first-order valence-electron chi connectivity index (χ1n) is 3.97. The van der Waals surface area contributed by atoms with Gasteiger partial charge in [-0.2, -0.15) is 13.2 Å². The van der Waals surface area contributed by atoms with Crippen molar-refractivity contribution in [2.45, 2.75) is 18.8 Å². The summed E-state index contributed by atoms with van der Waals surface area (Å²) in [5, 5.41) is 0. The van der Waals surface area contributed by atoms with Gasteiger partial charge in [0.05, 0.1) is 0 Å². The number of nitrogens with two attached hydrogens (primary N) is 2. The molecule has 0 aromatic heterocycles. The van der Waals surface area contributed by atoms with E-state index in [1.165, 1.54) is 24.3 Å². The Balaban J connectivity index is 3.10. The molecule has 0 bridgehead atoms. The highest BCUT2D eigenvalue weighted by Crippen LogP contribution is 2.32. The summed E-state index contributed by atoms with van der Waals surface area (Å²) in [4.78, 5) is 0. The van der Waals surface area contributed by atoms with Crippen molar-refractivity contribution in [2.24, 2.45) is 11.5 Å². The molecule has 1 aromatic carbocycles. The van der Waals surface area contributed by atoms with Crippen molar-refractivity contribution in [1.82, 2.24) is 0 Å². The van der Waals surface area contributed by atoms with Gasteiger partial charge in [-0.15, -0.1) is 0 Å². The lowest BCUT2D eigenvalue weighted by Crippen LogP contribution is -2.57. The SMILES string of the molecule is Cc1ccc(C(N)(N)C(F)(F)F)cc1. The van der Waals surface area contributed by atoms with Gasteiger partial charge in [0.15, 0.2) is 5.66 Å². The highest BCUT2D eigenvalue weighted by atomic mass is 19.4. The maximum absolute atomic E-state index is 12.4. The molecule has 0 heterocycles. The third kappa shape index (κ3) is 1.88. The van der Waals surface area contributed by atoms with Crippen molar-refractivity contribution in [3.8, 4) is 0 Å². The summed E-state index contributed by atoms with van der Waals surface area (Å²) in [5.74, 6) is 0. The van der Waals surface area contributed by atoms with Crippen LogP contribution in [0, 0.1) is 6.92 Å². The molecule has 5 heteroatoms. The Hall–Kier alpha value is -1.07. The molecule has 0 spiro atoms. The maximum Gasteiger partial charge on any atom is 0.423 e. The van der Waals surface area contributed by atoms with E-state index in [-0.39, 0.29) is 5.56 Å². The van der Waals surface area contributed by atoms with Crippen LogP contribution in [0.25, 0.3) is 0 Å². The zero-order valence-electron chi connectivity index (χ0n) is 7.60. The summed E-state index contributed by atoms with van der Waals surface area (Å²) in [6.45, 7) is 1.77. The molecule has 0 aliphatic rings. The molecule has 0 saturated heterocycles. The van der Waals surface area contributed by atoms with Crippen LogP contribution in [0.3, 0.4) is 0 Å². The van der Waals surface area contributed by atoms with E-state index in [4.69, 9.17) is 11.5 Å². The fourth-order valence-electron chi connectivity index (χ4n) is 0.993. The van der Waals surface area contributed by atoms with Crippen molar-refractivity contribution in [2.75, 3.05) is 0 Å². The van der Waals surface area contributed by atoms with E-state index in [2.05, 4.69) is 0 Å². The quantitative estimate of drug-likeness (QED) is 0.683. The van der Waals surface area contributed by atoms with E-state index in [0.29, 0.717) is 0 Å². The molecule has 4 N–H and O–H groups in total. The van der Waals surface area contributed by atoms with Gasteiger partial charge >= 0.3 is 6.18 Å². The first kappa shape index (κ1) is 11.0. The van der Waals surface area contributed by atoms with Crippen LogP contribution in [0.2, 0.25) is 0 Å². The van der Waals surface area contributed by atoms with Gasteiger partial charge in [-0.1, -0.05) is 29.8 Å². The largest absolute Gasteiger partial charge is 0.423 e. The third-order valence-corrected chi connectivity index (χ3v) is 2.00. The number of rotatable bonds is 1. The van der Waals surface area contributed by atoms with Crippen LogP contribution in [0.15, 0.2) is 24.3 Å². The van der Waals surface area contributed by atoms with Crippen LogP contribution >= 0.6 is 0 Å². The van der Waals surface area contributed by atoms with Gasteiger partial charge in [0.2, 0.25) is 0 Å². The molecule has 0 radical (unpaired) electrons. The number of halogens is 3. The second-order valence-electron chi connectivity index (χ2n) is 3.23. The van der Waals surface area contributed by atoms with Gasteiger partial charge in [-0.25, -0.2) is 0 Å². The molecule has 78 valence electrons. The normalized spacial score (nSPS) is 13.0. The van der Waals surface area contributed by atoms with E-state index >= 15 is 0 Å². The van der Waals surface area contributed by atoms with E-state index in [9.17, 15) is 13.2 Å². The van der Waals surface area contributed by atoms with Gasteiger partial charge in [0, 0.05) is 0 Å². The maximum atomic E-state index is 12.4. The number of alkyl halides is 3. The van der Waals surface area contributed by atoms with Crippen LogP contribution in [-0.2, 0) is 5.66 Å². The lowest BCUT2D eigenvalue weighted by atomic mass is 10.00. The summed E-state index contributed by atoms with van der Waals surface area (Å²) in [7, 11) is 0. The molecule has 0 atom stereocenters. The molecule has 1 aromatic rings. The van der Waals surface area contributed by atoms with Crippen LogP contribution in [-0.4, -0.2) is 6.18 Å². The Morgan fingerprint density at radius 3 is 1.79 bits per heavy atom. The van der Waals surface area contributed by atoms with Crippen LogP contribution in [0.1, 0.15) is 11.1 Å². The monoisotopic (exact) mass is 204 g/mol. The zero-order chi connectivity index (χ0) is 11.0. The van der Waals surface area contributed by atoms with Gasteiger partial charge in [0.25, 0.3) is 0 Å². The molecule has 14 heavy (non-hydrogen) atoms. The number of aryl methyl sites for hydroxylation is 1. The molecule has 1 rings (SSSR count). The second-order valence-corrected chi connectivity index (χ2v) is 3.23. The molecule has 0 unspecified atom stereocenters. The summed E-state index contributed by atoms with van der Waals surface area (Å²) >= 11 is 0. The minimum absolute atomic E-state index is 0.143. The highest BCUT2D eigenvalue weighted by molar-refractivity contribution is 5.28. The minimum atomic E-state index is -4.65. The third-order valence-electron chi connectivity index (χ3n) is 2.00. The van der Waals surface area contributed by atoms with Crippen molar-refractivity contribution < 1.29 is 13.2 Å². The van der Waals surface area contributed by atoms with Crippen molar-refractivity contribution in [3.05, 3.63) is 35.4 Å². The summed E-state index contributed by atoms with van der Waals surface area (Å²) in [6.07, 6.45) is -4.65. The predicted octanol–water partition coefficient (Wildman–Crippen LogP) is 1.63.